The molecule has 92 valence electrons. The molecule has 1 atom stereocenters. The van der Waals surface area contributed by atoms with Crippen molar-refractivity contribution in [3.05, 3.63) is 47.5 Å². The zero-order valence-electron chi connectivity index (χ0n) is 10.6. The molecule has 2 fully saturated rings. The summed E-state index contributed by atoms with van der Waals surface area (Å²) in [5.74, 6) is 0. The monoisotopic (exact) mass is 238 g/mol. The maximum Gasteiger partial charge on any atom is 0.0991 e. The van der Waals surface area contributed by atoms with E-state index >= 15 is 0 Å². The van der Waals surface area contributed by atoms with Crippen LogP contribution in [0.1, 0.15) is 42.9 Å². The topological polar surface area (TPSA) is 35.8 Å². The number of nitriles is 1. The van der Waals surface area contributed by atoms with E-state index in [9.17, 15) is 0 Å². The summed E-state index contributed by atoms with van der Waals surface area (Å²) in [5.41, 5.74) is 3.98. The van der Waals surface area contributed by atoms with E-state index in [4.69, 9.17) is 5.26 Å². The van der Waals surface area contributed by atoms with Crippen LogP contribution in [0.3, 0.4) is 0 Å². The lowest BCUT2D eigenvalue weighted by Crippen LogP contribution is -2.43. The molecular weight excluding hydrogens is 220 g/mol. The van der Waals surface area contributed by atoms with Gasteiger partial charge in [-0.2, -0.15) is 5.26 Å². The predicted molar refractivity (Wildman–Crippen MR) is 71.9 cm³/mol. The molecule has 18 heavy (non-hydrogen) atoms. The lowest BCUT2D eigenvalue weighted by molar-refractivity contribution is 0.112. The molecule has 1 saturated carbocycles. The second-order valence-corrected chi connectivity index (χ2v) is 5.80. The average molecular weight is 238 g/mol. The molecule has 0 bridgehead atoms. The Balaban J connectivity index is 1.76. The first-order chi connectivity index (χ1) is 8.71. The normalized spacial score (nSPS) is 25.5. The van der Waals surface area contributed by atoms with Gasteiger partial charge < -0.3 is 5.32 Å². The summed E-state index contributed by atoms with van der Waals surface area (Å²) in [6, 6.07) is 10.6. The van der Waals surface area contributed by atoms with Gasteiger partial charge in [0.15, 0.2) is 0 Å². The summed E-state index contributed by atoms with van der Waals surface area (Å²) in [6.45, 7) is 5.17. The van der Waals surface area contributed by atoms with Crippen molar-refractivity contribution in [2.45, 2.75) is 31.7 Å². The summed E-state index contributed by atoms with van der Waals surface area (Å²) in [4.78, 5) is 0. The first-order valence-corrected chi connectivity index (χ1v) is 6.61. The molecule has 1 spiro atoms. The van der Waals surface area contributed by atoms with Crippen LogP contribution in [0.25, 0.3) is 0 Å². The van der Waals surface area contributed by atoms with Gasteiger partial charge in [0.05, 0.1) is 11.6 Å². The van der Waals surface area contributed by atoms with Gasteiger partial charge in [-0.05, 0) is 55.3 Å². The second-order valence-electron chi connectivity index (χ2n) is 5.80. The van der Waals surface area contributed by atoms with E-state index in [0.29, 0.717) is 11.5 Å². The van der Waals surface area contributed by atoms with Crippen LogP contribution in [0.5, 0.6) is 0 Å². The highest BCUT2D eigenvalue weighted by Gasteiger charge is 2.43. The number of rotatable bonds is 1. The minimum atomic E-state index is 0.444. The molecule has 2 nitrogen and oxygen atoms in total. The molecule has 1 saturated heterocycles. The highest BCUT2D eigenvalue weighted by atomic mass is 14.9. The summed E-state index contributed by atoms with van der Waals surface area (Å²) in [5, 5.41) is 12.4. The Labute approximate surface area is 108 Å². The molecule has 0 radical (unpaired) electrons. The molecular formula is C16H18N2. The Bertz CT molecular complexity index is 499. The van der Waals surface area contributed by atoms with Gasteiger partial charge in [-0.25, -0.2) is 0 Å². The summed E-state index contributed by atoms with van der Waals surface area (Å²) in [7, 11) is 0. The Morgan fingerprint density at radius 2 is 2.00 bits per heavy atom. The van der Waals surface area contributed by atoms with E-state index in [1.54, 1.807) is 0 Å². The quantitative estimate of drug-likeness (QED) is 0.762. The van der Waals surface area contributed by atoms with E-state index in [1.165, 1.54) is 36.8 Å². The van der Waals surface area contributed by atoms with Crippen LogP contribution in [-0.2, 0) is 0 Å². The van der Waals surface area contributed by atoms with E-state index in [-0.39, 0.29) is 0 Å². The Hall–Kier alpha value is -1.59. The fourth-order valence-corrected chi connectivity index (χ4v) is 3.47. The fourth-order valence-electron chi connectivity index (χ4n) is 3.47. The molecule has 1 aliphatic heterocycles. The minimum absolute atomic E-state index is 0.444. The van der Waals surface area contributed by atoms with Crippen LogP contribution in [0.4, 0.5) is 0 Å². The Morgan fingerprint density at radius 1 is 1.28 bits per heavy atom. The summed E-state index contributed by atoms with van der Waals surface area (Å²) in [6.07, 6.45) is 4.90. The fraction of sp³-hybridized carbons (Fsp3) is 0.438. The van der Waals surface area contributed by atoms with Crippen LogP contribution in [0.15, 0.2) is 36.4 Å². The van der Waals surface area contributed by atoms with E-state index in [0.717, 1.165) is 12.1 Å². The van der Waals surface area contributed by atoms with Crippen LogP contribution in [-0.4, -0.2) is 6.54 Å². The van der Waals surface area contributed by atoms with E-state index in [2.05, 4.69) is 30.1 Å². The van der Waals surface area contributed by atoms with Gasteiger partial charge in [-0.15, -0.1) is 0 Å². The van der Waals surface area contributed by atoms with Crippen LogP contribution in [0, 0.1) is 16.7 Å². The average Bonchev–Trinajstić information content (AvgIpc) is 2.38. The molecule has 1 heterocycles. The number of benzene rings is 1. The molecule has 1 aliphatic carbocycles. The van der Waals surface area contributed by atoms with Gasteiger partial charge >= 0.3 is 0 Å². The highest BCUT2D eigenvalue weighted by Crippen LogP contribution is 2.53. The first-order valence-electron chi connectivity index (χ1n) is 6.61. The third-order valence-corrected chi connectivity index (χ3v) is 4.38. The van der Waals surface area contributed by atoms with E-state index in [1.807, 2.05) is 12.1 Å². The lowest BCUT2D eigenvalue weighted by atomic mass is 9.59. The third kappa shape index (κ3) is 1.95. The van der Waals surface area contributed by atoms with Crippen molar-refractivity contribution in [3.63, 3.8) is 0 Å². The Morgan fingerprint density at radius 3 is 2.61 bits per heavy atom. The van der Waals surface area contributed by atoms with Crippen molar-refractivity contribution < 1.29 is 0 Å². The molecule has 1 aromatic rings. The SMILES string of the molecule is C=C1CC2(CCN[C@H](c3ccc(C#N)cc3)C2)C1. The zero-order valence-corrected chi connectivity index (χ0v) is 10.6. The lowest BCUT2D eigenvalue weighted by Gasteiger charge is -2.49. The van der Waals surface area contributed by atoms with Gasteiger partial charge in [-0.1, -0.05) is 24.3 Å². The van der Waals surface area contributed by atoms with Crippen molar-refractivity contribution in [1.82, 2.24) is 5.32 Å². The number of nitrogens with zero attached hydrogens (tertiary/aromatic N) is 1. The van der Waals surface area contributed by atoms with Gasteiger partial charge in [0.2, 0.25) is 0 Å². The highest BCUT2D eigenvalue weighted by molar-refractivity contribution is 5.33. The maximum atomic E-state index is 8.82. The summed E-state index contributed by atoms with van der Waals surface area (Å²) < 4.78 is 0. The molecule has 1 N–H and O–H groups in total. The van der Waals surface area contributed by atoms with Crippen LogP contribution in [0.2, 0.25) is 0 Å². The number of hydrogen-bond donors (Lipinski definition) is 1. The van der Waals surface area contributed by atoms with Crippen molar-refractivity contribution in [3.8, 4) is 6.07 Å². The van der Waals surface area contributed by atoms with Gasteiger partial charge in [0.25, 0.3) is 0 Å². The third-order valence-electron chi connectivity index (χ3n) is 4.38. The standard InChI is InChI=1S/C16H18N2/c1-12-8-16(9-12)6-7-18-15(10-16)14-4-2-13(11-17)3-5-14/h2-5,15,18H,1,6-10H2/t15-/m0/s1. The largest absolute Gasteiger partial charge is 0.310 e. The summed E-state index contributed by atoms with van der Waals surface area (Å²) >= 11 is 0. The van der Waals surface area contributed by atoms with Crippen molar-refractivity contribution >= 4 is 0 Å². The smallest absolute Gasteiger partial charge is 0.0991 e. The van der Waals surface area contributed by atoms with Crippen molar-refractivity contribution in [1.29, 1.82) is 5.26 Å². The number of nitrogens with one attached hydrogen (secondary N) is 1. The van der Waals surface area contributed by atoms with Crippen molar-refractivity contribution in [2.24, 2.45) is 5.41 Å². The predicted octanol–water partition coefficient (Wildman–Crippen LogP) is 3.32. The van der Waals surface area contributed by atoms with Gasteiger partial charge in [0.1, 0.15) is 0 Å². The second kappa shape index (κ2) is 4.26. The van der Waals surface area contributed by atoms with E-state index < -0.39 is 0 Å². The molecule has 2 heteroatoms. The Kier molecular flexibility index (Phi) is 2.72. The first kappa shape index (κ1) is 11.5. The van der Waals surface area contributed by atoms with Gasteiger partial charge in [0, 0.05) is 6.04 Å². The molecule has 1 aromatic carbocycles. The molecule has 0 amide bonds. The van der Waals surface area contributed by atoms with Gasteiger partial charge in [-0.3, -0.25) is 0 Å². The number of piperidine rings is 1. The molecule has 2 aliphatic rings. The number of allylic oxidation sites excluding steroid dienone is 1. The van der Waals surface area contributed by atoms with Crippen LogP contribution >= 0.6 is 0 Å². The van der Waals surface area contributed by atoms with Crippen LogP contribution < -0.4 is 5.32 Å². The number of hydrogen-bond acceptors (Lipinski definition) is 2. The van der Waals surface area contributed by atoms with Crippen molar-refractivity contribution in [2.75, 3.05) is 6.54 Å². The minimum Gasteiger partial charge on any atom is -0.310 e. The molecule has 0 unspecified atom stereocenters. The molecule has 0 aromatic heterocycles. The maximum absolute atomic E-state index is 8.82. The molecule has 3 rings (SSSR count). The zero-order chi connectivity index (χ0) is 12.6.